The first-order chi connectivity index (χ1) is 9.58. The van der Waals surface area contributed by atoms with Gasteiger partial charge in [-0.25, -0.2) is 0 Å². The van der Waals surface area contributed by atoms with E-state index in [9.17, 15) is 4.79 Å². The maximum Gasteiger partial charge on any atom is 0.226 e. The van der Waals surface area contributed by atoms with Gasteiger partial charge < -0.3 is 15.4 Å². The minimum absolute atomic E-state index is 0.0839. The number of nitrogens with two attached hydrogens (primary N) is 1. The van der Waals surface area contributed by atoms with Crippen LogP contribution in [0.4, 0.5) is 5.69 Å². The third kappa shape index (κ3) is 3.77. The Balaban J connectivity index is 1.95. The highest BCUT2D eigenvalue weighted by atomic mass is 32.1. The van der Waals surface area contributed by atoms with Crippen LogP contribution in [0.15, 0.2) is 24.3 Å². The number of carbonyl (C=O) groups is 1. The van der Waals surface area contributed by atoms with Crippen molar-refractivity contribution in [1.82, 2.24) is 0 Å². The van der Waals surface area contributed by atoms with Gasteiger partial charge in [-0.2, -0.15) is 0 Å². The van der Waals surface area contributed by atoms with E-state index in [4.69, 9.17) is 22.7 Å². The molecule has 4 nitrogen and oxygen atoms in total. The highest BCUT2D eigenvalue weighted by molar-refractivity contribution is 7.80. The van der Waals surface area contributed by atoms with Crippen LogP contribution < -0.4 is 10.6 Å². The largest absolute Gasteiger partial charge is 0.389 e. The monoisotopic (exact) mass is 292 g/mol. The lowest BCUT2D eigenvalue weighted by Gasteiger charge is -2.19. The third-order valence-electron chi connectivity index (χ3n) is 3.60. The summed E-state index contributed by atoms with van der Waals surface area (Å²) in [5, 5.41) is 0. The van der Waals surface area contributed by atoms with Gasteiger partial charge in [0.2, 0.25) is 5.91 Å². The molecule has 0 saturated carbocycles. The molecule has 1 atom stereocenters. The summed E-state index contributed by atoms with van der Waals surface area (Å²) in [6.07, 6.45) is 3.70. The van der Waals surface area contributed by atoms with Crippen molar-refractivity contribution in [1.29, 1.82) is 0 Å². The summed E-state index contributed by atoms with van der Waals surface area (Å²) in [7, 11) is 1.77. The van der Waals surface area contributed by atoms with Gasteiger partial charge in [0.25, 0.3) is 0 Å². The van der Waals surface area contributed by atoms with Crippen LogP contribution in [0.25, 0.3) is 0 Å². The maximum absolute atomic E-state index is 12.2. The van der Waals surface area contributed by atoms with Gasteiger partial charge in [0, 0.05) is 31.3 Å². The molecule has 0 bridgehead atoms. The molecule has 1 amide bonds. The third-order valence-corrected chi connectivity index (χ3v) is 3.83. The SMILES string of the molecule is CN(C(=O)CCC1CCCO1)c1cccc(C(N)=S)c1. The molecule has 1 aliphatic rings. The molecule has 0 aromatic heterocycles. The Morgan fingerprint density at radius 3 is 3.00 bits per heavy atom. The van der Waals surface area contributed by atoms with Gasteiger partial charge in [-0.3, -0.25) is 4.79 Å². The average molecular weight is 292 g/mol. The average Bonchev–Trinajstić information content (AvgIpc) is 2.97. The smallest absolute Gasteiger partial charge is 0.226 e. The van der Waals surface area contributed by atoms with Crippen LogP contribution in [0, 0.1) is 0 Å². The molecule has 2 N–H and O–H groups in total. The number of amides is 1. The number of benzene rings is 1. The molecule has 1 heterocycles. The fourth-order valence-corrected chi connectivity index (χ4v) is 2.46. The summed E-state index contributed by atoms with van der Waals surface area (Å²) >= 11 is 4.96. The first-order valence-electron chi connectivity index (χ1n) is 6.86. The van der Waals surface area contributed by atoms with Gasteiger partial charge in [0.15, 0.2) is 0 Å². The number of anilines is 1. The molecule has 1 unspecified atom stereocenters. The summed E-state index contributed by atoms with van der Waals surface area (Å²) in [5.41, 5.74) is 7.20. The molecule has 1 aromatic carbocycles. The molecule has 0 aliphatic carbocycles. The van der Waals surface area contributed by atoms with Crippen LogP contribution >= 0.6 is 12.2 Å². The number of ether oxygens (including phenoxy) is 1. The fourth-order valence-electron chi connectivity index (χ4n) is 2.34. The Hall–Kier alpha value is -1.46. The van der Waals surface area contributed by atoms with Crippen LogP contribution in [0.1, 0.15) is 31.2 Å². The van der Waals surface area contributed by atoms with Crippen molar-refractivity contribution in [2.45, 2.75) is 31.8 Å². The zero-order valence-electron chi connectivity index (χ0n) is 11.7. The molecule has 1 aliphatic heterocycles. The molecular weight excluding hydrogens is 272 g/mol. The predicted molar refractivity (Wildman–Crippen MR) is 83.9 cm³/mol. The van der Waals surface area contributed by atoms with E-state index in [2.05, 4.69) is 0 Å². The van der Waals surface area contributed by atoms with Gasteiger partial charge in [0.05, 0.1) is 6.10 Å². The Morgan fingerprint density at radius 1 is 1.55 bits per heavy atom. The number of hydrogen-bond acceptors (Lipinski definition) is 3. The van der Waals surface area contributed by atoms with Crippen LogP contribution in [-0.4, -0.2) is 30.7 Å². The van der Waals surface area contributed by atoms with Crippen molar-refractivity contribution < 1.29 is 9.53 Å². The summed E-state index contributed by atoms with van der Waals surface area (Å²) in [4.78, 5) is 14.2. The van der Waals surface area contributed by atoms with Gasteiger partial charge in [-0.05, 0) is 31.4 Å². The van der Waals surface area contributed by atoms with Crippen molar-refractivity contribution in [3.05, 3.63) is 29.8 Å². The number of thiocarbonyl (C=S) groups is 1. The molecule has 5 heteroatoms. The number of nitrogens with zero attached hydrogens (tertiary/aromatic N) is 1. The number of rotatable bonds is 5. The van der Waals surface area contributed by atoms with Gasteiger partial charge in [0.1, 0.15) is 4.99 Å². The minimum atomic E-state index is 0.0839. The second kappa shape index (κ2) is 6.81. The van der Waals surface area contributed by atoms with E-state index < -0.39 is 0 Å². The molecule has 1 fully saturated rings. The second-order valence-electron chi connectivity index (χ2n) is 5.04. The lowest BCUT2D eigenvalue weighted by Crippen LogP contribution is -2.27. The van der Waals surface area contributed by atoms with E-state index in [-0.39, 0.29) is 12.0 Å². The molecule has 0 radical (unpaired) electrons. The Labute approximate surface area is 124 Å². The molecule has 1 aromatic rings. The normalized spacial score (nSPS) is 17.9. The fraction of sp³-hybridized carbons (Fsp3) is 0.467. The summed E-state index contributed by atoms with van der Waals surface area (Å²) < 4.78 is 5.53. The van der Waals surface area contributed by atoms with E-state index in [1.54, 1.807) is 11.9 Å². The lowest BCUT2D eigenvalue weighted by molar-refractivity contribution is -0.118. The number of hydrogen-bond donors (Lipinski definition) is 1. The van der Waals surface area contributed by atoms with E-state index in [0.29, 0.717) is 11.4 Å². The van der Waals surface area contributed by atoms with Crippen molar-refractivity contribution in [3.63, 3.8) is 0 Å². The highest BCUT2D eigenvalue weighted by Crippen LogP contribution is 2.20. The Morgan fingerprint density at radius 2 is 2.35 bits per heavy atom. The molecule has 20 heavy (non-hydrogen) atoms. The zero-order valence-corrected chi connectivity index (χ0v) is 12.5. The topological polar surface area (TPSA) is 55.6 Å². The second-order valence-corrected chi connectivity index (χ2v) is 5.48. The van der Waals surface area contributed by atoms with Gasteiger partial charge in [-0.1, -0.05) is 24.4 Å². The summed E-state index contributed by atoms with van der Waals surface area (Å²) in [6, 6.07) is 7.42. The predicted octanol–water partition coefficient (Wildman–Crippen LogP) is 2.24. The van der Waals surface area contributed by atoms with Crippen LogP contribution in [0.5, 0.6) is 0 Å². The Bertz CT molecular complexity index is 498. The number of carbonyl (C=O) groups excluding carboxylic acids is 1. The zero-order chi connectivity index (χ0) is 14.5. The Kier molecular flexibility index (Phi) is 5.09. The summed E-state index contributed by atoms with van der Waals surface area (Å²) in [6.45, 7) is 0.824. The van der Waals surface area contributed by atoms with E-state index >= 15 is 0 Å². The van der Waals surface area contributed by atoms with E-state index in [1.165, 1.54) is 0 Å². The quantitative estimate of drug-likeness (QED) is 0.846. The molecule has 2 rings (SSSR count). The minimum Gasteiger partial charge on any atom is -0.389 e. The van der Waals surface area contributed by atoms with Crippen molar-refractivity contribution >= 4 is 28.8 Å². The molecular formula is C15H20N2O2S. The van der Waals surface area contributed by atoms with Crippen molar-refractivity contribution in [2.24, 2.45) is 5.73 Å². The van der Waals surface area contributed by atoms with Crippen LogP contribution in [0.3, 0.4) is 0 Å². The van der Waals surface area contributed by atoms with Gasteiger partial charge in [-0.15, -0.1) is 0 Å². The standard InChI is InChI=1S/C15H20N2O2S/c1-17(12-5-2-4-11(10-12)15(16)20)14(18)8-7-13-6-3-9-19-13/h2,4-5,10,13H,3,6-9H2,1H3,(H2,16,20). The van der Waals surface area contributed by atoms with E-state index in [0.717, 1.165) is 37.1 Å². The van der Waals surface area contributed by atoms with Crippen LogP contribution in [-0.2, 0) is 9.53 Å². The van der Waals surface area contributed by atoms with Crippen molar-refractivity contribution in [2.75, 3.05) is 18.6 Å². The van der Waals surface area contributed by atoms with Gasteiger partial charge >= 0.3 is 0 Å². The molecule has 108 valence electrons. The van der Waals surface area contributed by atoms with Crippen molar-refractivity contribution in [3.8, 4) is 0 Å². The van der Waals surface area contributed by atoms with Crippen LogP contribution in [0.2, 0.25) is 0 Å². The van der Waals surface area contributed by atoms with E-state index in [1.807, 2.05) is 24.3 Å². The maximum atomic E-state index is 12.2. The molecule has 0 spiro atoms. The lowest BCUT2D eigenvalue weighted by atomic mass is 10.1. The summed E-state index contributed by atoms with van der Waals surface area (Å²) in [5.74, 6) is 0.0839. The highest BCUT2D eigenvalue weighted by Gasteiger charge is 2.18. The first-order valence-corrected chi connectivity index (χ1v) is 7.27. The first kappa shape index (κ1) is 14.9. The molecule has 1 saturated heterocycles.